The van der Waals surface area contributed by atoms with Crippen molar-refractivity contribution in [3.05, 3.63) is 105 Å². The average molecular weight is 485 g/mol. The fourth-order valence-electron chi connectivity index (χ4n) is 3.36. The third kappa shape index (κ3) is 4.69. The molecule has 1 aliphatic heterocycles. The van der Waals surface area contributed by atoms with E-state index in [1.54, 1.807) is 0 Å². The Morgan fingerprint density at radius 3 is 2.45 bits per heavy atom. The van der Waals surface area contributed by atoms with E-state index in [0.717, 1.165) is 32.8 Å². The van der Waals surface area contributed by atoms with Crippen LogP contribution in [0.15, 0.2) is 88.4 Å². The van der Waals surface area contributed by atoms with Gasteiger partial charge in [-0.3, -0.25) is 0 Å². The molecule has 0 spiro atoms. The predicted molar refractivity (Wildman–Crippen MR) is 127 cm³/mol. The molecule has 0 aliphatic carbocycles. The van der Waals surface area contributed by atoms with Gasteiger partial charge in [-0.2, -0.15) is 5.10 Å². The molecule has 0 bridgehead atoms. The fourth-order valence-corrected chi connectivity index (χ4v) is 4.12. The normalized spacial score (nSPS) is 15.9. The van der Waals surface area contributed by atoms with Crippen LogP contribution < -0.4 is 5.32 Å². The number of nitrogens with one attached hydrogen (secondary N) is 1. The summed E-state index contributed by atoms with van der Waals surface area (Å²) in [6.45, 7) is 0.647. The molecule has 0 fully saturated rings. The molecule has 1 unspecified atom stereocenters. The van der Waals surface area contributed by atoms with Gasteiger partial charge in [0.05, 0.1) is 11.8 Å². The maximum atomic E-state index is 6.51. The van der Waals surface area contributed by atoms with E-state index in [4.69, 9.17) is 28.9 Å². The van der Waals surface area contributed by atoms with Gasteiger partial charge in [-0.15, -0.1) is 0 Å². The lowest BCUT2D eigenvalue weighted by Gasteiger charge is -2.25. The summed E-state index contributed by atoms with van der Waals surface area (Å²) >= 11 is 15.7. The second-order valence-electron chi connectivity index (χ2n) is 6.78. The van der Waals surface area contributed by atoms with Crippen molar-refractivity contribution in [1.29, 1.82) is 0 Å². The van der Waals surface area contributed by atoms with Gasteiger partial charge < -0.3 is 5.32 Å². The number of hydrogen-bond acceptors (Lipinski definition) is 2. The van der Waals surface area contributed by atoms with Gasteiger partial charge in [0, 0.05) is 22.5 Å². The maximum Gasteiger partial charge on any atom is 0.190 e. The molecule has 0 amide bonds. The zero-order valence-corrected chi connectivity index (χ0v) is 18.7. The van der Waals surface area contributed by atoms with Crippen LogP contribution in [0.4, 0.5) is 0 Å². The topological polar surface area (TPSA) is 27.6 Å². The van der Waals surface area contributed by atoms with Gasteiger partial charge in [0.1, 0.15) is 0 Å². The van der Waals surface area contributed by atoms with Gasteiger partial charge in [0.2, 0.25) is 0 Å². The first-order valence-electron chi connectivity index (χ1n) is 9.30. The van der Waals surface area contributed by atoms with Gasteiger partial charge in [0.15, 0.2) is 5.11 Å². The Kier molecular flexibility index (Phi) is 6.28. The second kappa shape index (κ2) is 9.08. The van der Waals surface area contributed by atoms with Gasteiger partial charge in [-0.05, 0) is 47.1 Å². The monoisotopic (exact) mass is 483 g/mol. The van der Waals surface area contributed by atoms with Crippen LogP contribution in [0.2, 0.25) is 5.02 Å². The first-order valence-corrected chi connectivity index (χ1v) is 10.9. The molecule has 3 aromatic rings. The molecule has 1 atom stereocenters. The van der Waals surface area contributed by atoms with Crippen LogP contribution in [0, 0.1) is 0 Å². The maximum absolute atomic E-state index is 6.51. The summed E-state index contributed by atoms with van der Waals surface area (Å²) in [6.07, 6.45) is 0.735. The van der Waals surface area contributed by atoms with Crippen molar-refractivity contribution in [3.63, 3.8) is 0 Å². The van der Waals surface area contributed by atoms with E-state index in [-0.39, 0.29) is 6.04 Å². The van der Waals surface area contributed by atoms with E-state index in [9.17, 15) is 0 Å². The minimum Gasteiger partial charge on any atom is -0.357 e. The summed E-state index contributed by atoms with van der Waals surface area (Å²) in [4.78, 5) is 0. The minimum atomic E-state index is -0.0434. The highest BCUT2D eigenvalue weighted by Crippen LogP contribution is 2.36. The molecular formula is C23H19BrClN3S. The number of nitrogens with zero attached hydrogens (tertiary/aromatic N) is 2. The lowest BCUT2D eigenvalue weighted by atomic mass is 9.98. The molecule has 0 aromatic heterocycles. The molecule has 1 aliphatic rings. The Morgan fingerprint density at radius 2 is 1.72 bits per heavy atom. The Morgan fingerprint density at radius 1 is 1.03 bits per heavy atom. The highest BCUT2D eigenvalue weighted by atomic mass is 79.9. The summed E-state index contributed by atoms with van der Waals surface area (Å²) in [6, 6.07) is 26.2. The Balaban J connectivity index is 1.61. The summed E-state index contributed by atoms with van der Waals surface area (Å²) in [5.41, 5.74) is 4.26. The molecule has 146 valence electrons. The van der Waals surface area contributed by atoms with E-state index in [1.807, 2.05) is 59.6 Å². The van der Waals surface area contributed by atoms with Crippen LogP contribution in [0.3, 0.4) is 0 Å². The van der Waals surface area contributed by atoms with Crippen LogP contribution in [-0.2, 0) is 6.54 Å². The molecular weight excluding hydrogens is 466 g/mol. The van der Waals surface area contributed by atoms with Gasteiger partial charge in [-0.25, -0.2) is 5.01 Å². The molecule has 0 saturated carbocycles. The molecule has 29 heavy (non-hydrogen) atoms. The summed E-state index contributed by atoms with van der Waals surface area (Å²) < 4.78 is 1.04. The Bertz CT molecular complexity index is 1040. The average Bonchev–Trinajstić information content (AvgIpc) is 3.19. The molecule has 1 heterocycles. The highest BCUT2D eigenvalue weighted by Gasteiger charge is 2.32. The van der Waals surface area contributed by atoms with E-state index >= 15 is 0 Å². The van der Waals surface area contributed by atoms with Crippen molar-refractivity contribution in [2.24, 2.45) is 5.10 Å². The molecule has 0 radical (unpaired) electrons. The van der Waals surface area contributed by atoms with Gasteiger partial charge >= 0.3 is 0 Å². The standard InChI is InChI=1S/C23H19BrClN3S/c24-18-12-10-17(11-13-18)21-14-22(19-8-4-5-9-20(19)25)28(27-21)23(29)26-15-16-6-2-1-3-7-16/h1-13,22H,14-15H2,(H,26,29). The quantitative estimate of drug-likeness (QED) is 0.439. The minimum absolute atomic E-state index is 0.0434. The largest absolute Gasteiger partial charge is 0.357 e. The van der Waals surface area contributed by atoms with Crippen molar-refractivity contribution < 1.29 is 0 Å². The molecule has 3 nitrogen and oxygen atoms in total. The Hall–Kier alpha value is -2.21. The lowest BCUT2D eigenvalue weighted by Crippen LogP contribution is -2.36. The van der Waals surface area contributed by atoms with Crippen molar-refractivity contribution in [2.75, 3.05) is 0 Å². The van der Waals surface area contributed by atoms with Crippen molar-refractivity contribution >= 4 is 50.6 Å². The van der Waals surface area contributed by atoms with Crippen LogP contribution in [0.5, 0.6) is 0 Å². The van der Waals surface area contributed by atoms with Crippen molar-refractivity contribution in [2.45, 2.75) is 19.0 Å². The van der Waals surface area contributed by atoms with E-state index in [0.29, 0.717) is 11.7 Å². The molecule has 1 N–H and O–H groups in total. The third-order valence-electron chi connectivity index (χ3n) is 4.85. The first kappa shape index (κ1) is 20.1. The molecule has 4 rings (SSSR count). The van der Waals surface area contributed by atoms with E-state index in [1.165, 1.54) is 5.56 Å². The third-order valence-corrected chi connectivity index (χ3v) is 6.05. The van der Waals surface area contributed by atoms with Crippen LogP contribution in [-0.4, -0.2) is 15.8 Å². The SMILES string of the molecule is S=C(NCc1ccccc1)N1N=C(c2ccc(Br)cc2)CC1c1ccccc1Cl. The zero-order chi connectivity index (χ0) is 20.2. The zero-order valence-electron chi connectivity index (χ0n) is 15.6. The van der Waals surface area contributed by atoms with Crippen molar-refractivity contribution in [3.8, 4) is 0 Å². The first-order chi connectivity index (χ1) is 14.1. The fraction of sp³-hybridized carbons (Fsp3) is 0.130. The summed E-state index contributed by atoms with van der Waals surface area (Å²) in [5.74, 6) is 0. The molecule has 3 aromatic carbocycles. The van der Waals surface area contributed by atoms with E-state index < -0.39 is 0 Å². The number of thiocarbonyl (C=S) groups is 1. The van der Waals surface area contributed by atoms with Crippen LogP contribution in [0.25, 0.3) is 0 Å². The van der Waals surface area contributed by atoms with Crippen LogP contribution in [0.1, 0.15) is 29.2 Å². The van der Waals surface area contributed by atoms with Gasteiger partial charge in [0.25, 0.3) is 0 Å². The van der Waals surface area contributed by atoms with Gasteiger partial charge in [-0.1, -0.05) is 88.2 Å². The number of hydrazone groups is 1. The smallest absolute Gasteiger partial charge is 0.190 e. The van der Waals surface area contributed by atoms with Crippen molar-refractivity contribution in [1.82, 2.24) is 10.3 Å². The predicted octanol–water partition coefficient (Wildman–Crippen LogP) is 6.33. The molecule has 0 saturated heterocycles. The number of rotatable bonds is 4. The lowest BCUT2D eigenvalue weighted by molar-refractivity contribution is 0.364. The number of benzene rings is 3. The number of halogens is 2. The summed E-state index contributed by atoms with van der Waals surface area (Å²) in [5, 5.41) is 11.4. The summed E-state index contributed by atoms with van der Waals surface area (Å²) in [7, 11) is 0. The van der Waals surface area contributed by atoms with Crippen LogP contribution >= 0.6 is 39.7 Å². The Labute approximate surface area is 189 Å². The number of hydrogen-bond donors (Lipinski definition) is 1. The van der Waals surface area contributed by atoms with E-state index in [2.05, 4.69) is 45.5 Å². The molecule has 6 heteroatoms. The highest BCUT2D eigenvalue weighted by molar-refractivity contribution is 9.10. The second-order valence-corrected chi connectivity index (χ2v) is 8.49.